The van der Waals surface area contributed by atoms with Crippen molar-refractivity contribution in [1.29, 1.82) is 0 Å². The standard InChI is InChI=1S/C20H21NO5/c22-14-15-6-8-16(9-7-15)18(23)21-12-10-20(11-13-21,19(24)25)26-17-4-2-1-3-5-17/h1-9,22H,10-14H2,(H,24,25). The first kappa shape index (κ1) is 17.9. The lowest BCUT2D eigenvalue weighted by atomic mass is 9.90. The van der Waals surface area contributed by atoms with E-state index in [0.717, 1.165) is 5.56 Å². The number of aliphatic carboxylic acids is 1. The number of hydrogen-bond donors (Lipinski definition) is 2. The van der Waals surface area contributed by atoms with Crippen molar-refractivity contribution in [3.63, 3.8) is 0 Å². The van der Waals surface area contributed by atoms with Crippen molar-refractivity contribution < 1.29 is 24.5 Å². The fraction of sp³-hybridized carbons (Fsp3) is 0.300. The van der Waals surface area contributed by atoms with Gasteiger partial charge in [0, 0.05) is 31.5 Å². The van der Waals surface area contributed by atoms with Gasteiger partial charge in [0.05, 0.1) is 6.61 Å². The van der Waals surface area contributed by atoms with Gasteiger partial charge in [-0.1, -0.05) is 30.3 Å². The predicted molar refractivity (Wildman–Crippen MR) is 94.9 cm³/mol. The first-order chi connectivity index (χ1) is 12.5. The molecular weight excluding hydrogens is 334 g/mol. The highest BCUT2D eigenvalue weighted by Crippen LogP contribution is 2.30. The lowest BCUT2D eigenvalue weighted by molar-refractivity contribution is -0.159. The number of likely N-dealkylation sites (tertiary alicyclic amines) is 1. The lowest BCUT2D eigenvalue weighted by Crippen LogP contribution is -2.54. The number of carbonyl (C=O) groups is 2. The number of aliphatic hydroxyl groups excluding tert-OH is 1. The van der Waals surface area contributed by atoms with Crippen LogP contribution in [0.3, 0.4) is 0 Å². The van der Waals surface area contributed by atoms with E-state index in [4.69, 9.17) is 9.84 Å². The summed E-state index contributed by atoms with van der Waals surface area (Å²) in [6.45, 7) is 0.537. The van der Waals surface area contributed by atoms with Crippen molar-refractivity contribution in [1.82, 2.24) is 4.90 Å². The summed E-state index contributed by atoms with van der Waals surface area (Å²) in [6, 6.07) is 15.6. The Labute approximate surface area is 151 Å². The average molecular weight is 355 g/mol. The Bertz CT molecular complexity index is 765. The second-order valence-electron chi connectivity index (χ2n) is 6.36. The third kappa shape index (κ3) is 3.70. The Morgan fingerprint density at radius 2 is 1.62 bits per heavy atom. The molecule has 1 aliphatic rings. The first-order valence-corrected chi connectivity index (χ1v) is 8.51. The van der Waals surface area contributed by atoms with Crippen LogP contribution in [0.2, 0.25) is 0 Å². The molecule has 136 valence electrons. The largest absolute Gasteiger partial charge is 0.478 e. The first-order valence-electron chi connectivity index (χ1n) is 8.51. The molecule has 0 bridgehead atoms. The topological polar surface area (TPSA) is 87.1 Å². The van der Waals surface area contributed by atoms with Crippen LogP contribution in [0.5, 0.6) is 5.75 Å². The summed E-state index contributed by atoms with van der Waals surface area (Å²) < 4.78 is 5.80. The Morgan fingerprint density at radius 3 is 2.15 bits per heavy atom. The number of benzene rings is 2. The number of para-hydroxylation sites is 1. The van der Waals surface area contributed by atoms with Crippen LogP contribution >= 0.6 is 0 Å². The van der Waals surface area contributed by atoms with Crippen LogP contribution in [-0.4, -0.2) is 45.7 Å². The van der Waals surface area contributed by atoms with E-state index >= 15 is 0 Å². The zero-order valence-electron chi connectivity index (χ0n) is 14.3. The van der Waals surface area contributed by atoms with Crippen molar-refractivity contribution in [2.45, 2.75) is 25.0 Å². The molecule has 0 atom stereocenters. The molecule has 1 amide bonds. The molecule has 6 nitrogen and oxygen atoms in total. The van der Waals surface area contributed by atoms with Crippen molar-refractivity contribution in [3.05, 3.63) is 65.7 Å². The second kappa shape index (κ2) is 7.58. The van der Waals surface area contributed by atoms with Gasteiger partial charge in [0.15, 0.2) is 0 Å². The highest BCUT2D eigenvalue weighted by atomic mass is 16.5. The van der Waals surface area contributed by atoms with Gasteiger partial charge < -0.3 is 19.8 Å². The Hall–Kier alpha value is -2.86. The van der Waals surface area contributed by atoms with E-state index in [1.165, 1.54) is 0 Å². The fourth-order valence-corrected chi connectivity index (χ4v) is 3.08. The monoisotopic (exact) mass is 355 g/mol. The molecule has 2 aromatic carbocycles. The molecule has 0 unspecified atom stereocenters. The highest BCUT2D eigenvalue weighted by Gasteiger charge is 2.45. The Balaban J connectivity index is 1.69. The van der Waals surface area contributed by atoms with Gasteiger partial charge in [0.25, 0.3) is 5.91 Å². The minimum Gasteiger partial charge on any atom is -0.478 e. The van der Waals surface area contributed by atoms with Crippen molar-refractivity contribution in [2.75, 3.05) is 13.1 Å². The van der Waals surface area contributed by atoms with Crippen LogP contribution in [0.1, 0.15) is 28.8 Å². The van der Waals surface area contributed by atoms with Crippen LogP contribution in [0, 0.1) is 0 Å². The predicted octanol–water partition coefficient (Wildman–Crippen LogP) is 2.32. The van der Waals surface area contributed by atoms with Crippen LogP contribution in [0.4, 0.5) is 0 Å². The third-order valence-corrected chi connectivity index (χ3v) is 4.69. The zero-order chi connectivity index (χ0) is 18.6. The molecule has 1 fully saturated rings. The van der Waals surface area contributed by atoms with Crippen molar-refractivity contribution in [3.8, 4) is 5.75 Å². The van der Waals surface area contributed by atoms with E-state index < -0.39 is 11.6 Å². The summed E-state index contributed by atoms with van der Waals surface area (Å²) in [4.78, 5) is 26.1. The molecule has 0 aliphatic carbocycles. The molecule has 6 heteroatoms. The highest BCUT2D eigenvalue weighted by molar-refractivity contribution is 5.94. The maximum atomic E-state index is 12.6. The number of hydrogen-bond acceptors (Lipinski definition) is 4. The maximum Gasteiger partial charge on any atom is 0.348 e. The van der Waals surface area contributed by atoms with E-state index in [1.807, 2.05) is 6.07 Å². The lowest BCUT2D eigenvalue weighted by Gasteiger charge is -2.38. The molecule has 0 aromatic heterocycles. The number of ether oxygens (including phenoxy) is 1. The van der Waals surface area contributed by atoms with Crippen LogP contribution < -0.4 is 4.74 Å². The summed E-state index contributed by atoms with van der Waals surface area (Å²) in [7, 11) is 0. The average Bonchev–Trinajstić information content (AvgIpc) is 2.69. The number of amides is 1. The fourth-order valence-electron chi connectivity index (χ4n) is 3.08. The molecule has 2 N–H and O–H groups in total. The SMILES string of the molecule is O=C(c1ccc(CO)cc1)N1CCC(Oc2ccccc2)(C(=O)O)CC1. The summed E-state index contributed by atoms with van der Waals surface area (Å²) in [6.07, 6.45) is 0.440. The number of aliphatic hydroxyl groups is 1. The molecule has 2 aromatic rings. The van der Waals surface area contributed by atoms with Gasteiger partial charge in [-0.25, -0.2) is 4.79 Å². The number of carboxylic acid groups (broad SMARTS) is 1. The van der Waals surface area contributed by atoms with Crippen LogP contribution in [-0.2, 0) is 11.4 Å². The molecule has 26 heavy (non-hydrogen) atoms. The smallest absolute Gasteiger partial charge is 0.348 e. The molecule has 1 saturated heterocycles. The number of nitrogens with zero attached hydrogens (tertiary/aromatic N) is 1. The van der Waals surface area contributed by atoms with E-state index in [1.54, 1.807) is 53.4 Å². The number of rotatable bonds is 5. The molecular formula is C20H21NO5. The van der Waals surface area contributed by atoms with Crippen molar-refractivity contribution in [2.24, 2.45) is 0 Å². The molecule has 3 rings (SSSR count). The summed E-state index contributed by atoms with van der Waals surface area (Å²) in [5.41, 5.74) is -0.0610. The summed E-state index contributed by atoms with van der Waals surface area (Å²) >= 11 is 0. The Kier molecular flexibility index (Phi) is 5.23. The van der Waals surface area contributed by atoms with Gasteiger partial charge in [-0.2, -0.15) is 0 Å². The van der Waals surface area contributed by atoms with E-state index in [-0.39, 0.29) is 25.4 Å². The molecule has 0 saturated carbocycles. The van der Waals surface area contributed by atoms with Crippen molar-refractivity contribution >= 4 is 11.9 Å². The van der Waals surface area contributed by atoms with E-state index in [0.29, 0.717) is 24.4 Å². The van der Waals surface area contributed by atoms with Gasteiger partial charge in [0.2, 0.25) is 5.60 Å². The van der Waals surface area contributed by atoms with E-state index in [9.17, 15) is 14.7 Å². The Morgan fingerprint density at radius 1 is 1.00 bits per heavy atom. The number of carbonyl (C=O) groups excluding carboxylic acids is 1. The quantitative estimate of drug-likeness (QED) is 0.859. The second-order valence-corrected chi connectivity index (χ2v) is 6.36. The minimum absolute atomic E-state index is 0.0733. The van der Waals surface area contributed by atoms with Crippen LogP contribution in [0.15, 0.2) is 54.6 Å². The zero-order valence-corrected chi connectivity index (χ0v) is 14.3. The molecule has 0 spiro atoms. The summed E-state index contributed by atoms with van der Waals surface area (Å²) in [5.74, 6) is -0.650. The van der Waals surface area contributed by atoms with Gasteiger partial charge in [-0.15, -0.1) is 0 Å². The van der Waals surface area contributed by atoms with Gasteiger partial charge in [-0.3, -0.25) is 4.79 Å². The van der Waals surface area contributed by atoms with Gasteiger partial charge in [0.1, 0.15) is 5.75 Å². The molecule has 0 radical (unpaired) electrons. The molecule has 1 heterocycles. The molecule has 1 aliphatic heterocycles. The minimum atomic E-state index is -1.32. The number of carboxylic acids is 1. The van der Waals surface area contributed by atoms with Gasteiger partial charge >= 0.3 is 5.97 Å². The third-order valence-electron chi connectivity index (χ3n) is 4.69. The number of piperidine rings is 1. The normalized spacial score (nSPS) is 16.1. The van der Waals surface area contributed by atoms with E-state index in [2.05, 4.69) is 0 Å². The maximum absolute atomic E-state index is 12.6. The summed E-state index contributed by atoms with van der Waals surface area (Å²) in [5, 5.41) is 18.8. The van der Waals surface area contributed by atoms with Crippen LogP contribution in [0.25, 0.3) is 0 Å². The van der Waals surface area contributed by atoms with Gasteiger partial charge in [-0.05, 0) is 29.8 Å².